The van der Waals surface area contributed by atoms with Crippen molar-refractivity contribution in [1.82, 2.24) is 10.2 Å². The van der Waals surface area contributed by atoms with Crippen molar-refractivity contribution in [1.29, 1.82) is 0 Å². The van der Waals surface area contributed by atoms with E-state index in [-0.39, 0.29) is 5.82 Å². The molecule has 3 rings (SSSR count). The number of benzene rings is 1. The number of nitrogens with two attached hydrogens (primary N) is 1. The van der Waals surface area contributed by atoms with E-state index in [2.05, 4.69) is 10.2 Å². The zero-order chi connectivity index (χ0) is 15.0. The van der Waals surface area contributed by atoms with Crippen LogP contribution in [0.1, 0.15) is 41.6 Å². The van der Waals surface area contributed by atoms with Gasteiger partial charge in [-0.1, -0.05) is 0 Å². The summed E-state index contributed by atoms with van der Waals surface area (Å²) in [4.78, 5) is 13.4. The van der Waals surface area contributed by atoms with E-state index in [1.165, 1.54) is 25.0 Å². The summed E-state index contributed by atoms with van der Waals surface area (Å²) >= 11 is 0. The van der Waals surface area contributed by atoms with Crippen LogP contribution < -0.4 is 11.1 Å². The second-order valence-electron chi connectivity index (χ2n) is 6.35. The quantitative estimate of drug-likeness (QED) is 0.886. The van der Waals surface area contributed by atoms with Gasteiger partial charge < -0.3 is 11.1 Å². The van der Waals surface area contributed by atoms with Gasteiger partial charge in [-0.25, -0.2) is 4.39 Å². The molecular formula is C16H22FN3O. The predicted octanol–water partition coefficient (Wildman–Crippen LogP) is 1.64. The molecule has 2 bridgehead atoms. The molecule has 21 heavy (non-hydrogen) atoms. The standard InChI is InChI=1S/C16H22FN3O/c1-20(14-7-12-3-4-13(8-14)19-12)9-11-6-10(16(18)21)2-5-15(11)17/h2,5-6,12-14,19H,3-4,7-9H2,1H3,(H2,18,21). The van der Waals surface area contributed by atoms with Crippen molar-refractivity contribution < 1.29 is 9.18 Å². The van der Waals surface area contributed by atoms with Crippen LogP contribution in [0.4, 0.5) is 4.39 Å². The Hall–Kier alpha value is -1.46. The van der Waals surface area contributed by atoms with Gasteiger partial charge in [-0.15, -0.1) is 0 Å². The van der Waals surface area contributed by atoms with Gasteiger partial charge in [0.2, 0.25) is 5.91 Å². The molecule has 2 aliphatic rings. The van der Waals surface area contributed by atoms with E-state index in [0.29, 0.717) is 35.8 Å². The van der Waals surface area contributed by atoms with E-state index >= 15 is 0 Å². The molecule has 114 valence electrons. The van der Waals surface area contributed by atoms with Crippen molar-refractivity contribution in [3.63, 3.8) is 0 Å². The summed E-state index contributed by atoms with van der Waals surface area (Å²) in [6, 6.07) is 6.03. The molecule has 3 N–H and O–H groups in total. The van der Waals surface area contributed by atoms with Gasteiger partial charge in [0.05, 0.1) is 0 Å². The lowest BCUT2D eigenvalue weighted by atomic mass is 9.98. The molecule has 0 aliphatic carbocycles. The molecule has 1 amide bonds. The summed E-state index contributed by atoms with van der Waals surface area (Å²) in [7, 11) is 2.03. The Bertz CT molecular complexity index is 536. The van der Waals surface area contributed by atoms with Crippen molar-refractivity contribution in [3.05, 3.63) is 35.1 Å². The van der Waals surface area contributed by atoms with E-state index in [1.54, 1.807) is 6.07 Å². The number of carbonyl (C=O) groups is 1. The Morgan fingerprint density at radius 1 is 1.38 bits per heavy atom. The Morgan fingerprint density at radius 2 is 2.05 bits per heavy atom. The number of hydrogen-bond acceptors (Lipinski definition) is 3. The van der Waals surface area contributed by atoms with Gasteiger partial charge >= 0.3 is 0 Å². The highest BCUT2D eigenvalue weighted by Gasteiger charge is 2.35. The third-order valence-electron chi connectivity index (χ3n) is 4.82. The third kappa shape index (κ3) is 3.09. The van der Waals surface area contributed by atoms with E-state index < -0.39 is 5.91 Å². The summed E-state index contributed by atoms with van der Waals surface area (Å²) in [6.45, 7) is 0.511. The van der Waals surface area contributed by atoms with Crippen LogP contribution in [0.15, 0.2) is 18.2 Å². The molecular weight excluding hydrogens is 269 g/mol. The fourth-order valence-electron chi connectivity index (χ4n) is 3.63. The Kier molecular flexibility index (Phi) is 3.95. The third-order valence-corrected chi connectivity index (χ3v) is 4.82. The highest BCUT2D eigenvalue weighted by molar-refractivity contribution is 5.92. The number of halogens is 1. The minimum Gasteiger partial charge on any atom is -0.366 e. The summed E-state index contributed by atoms with van der Waals surface area (Å²) in [5.74, 6) is -0.789. The van der Waals surface area contributed by atoms with E-state index in [0.717, 1.165) is 12.8 Å². The van der Waals surface area contributed by atoms with Crippen LogP contribution in [0.5, 0.6) is 0 Å². The molecule has 1 aromatic rings. The fourth-order valence-corrected chi connectivity index (χ4v) is 3.63. The fraction of sp³-hybridized carbons (Fsp3) is 0.562. The number of primary amides is 1. The maximum absolute atomic E-state index is 13.9. The first-order chi connectivity index (χ1) is 10.0. The monoisotopic (exact) mass is 291 g/mol. The minimum absolute atomic E-state index is 0.274. The maximum Gasteiger partial charge on any atom is 0.248 e. The highest BCUT2D eigenvalue weighted by Crippen LogP contribution is 2.30. The van der Waals surface area contributed by atoms with Gasteiger partial charge in [0.1, 0.15) is 5.82 Å². The second-order valence-corrected chi connectivity index (χ2v) is 6.35. The van der Waals surface area contributed by atoms with Gasteiger partial charge in [0.15, 0.2) is 0 Å². The van der Waals surface area contributed by atoms with Crippen molar-refractivity contribution in [3.8, 4) is 0 Å². The SMILES string of the molecule is CN(Cc1cc(C(N)=O)ccc1F)C1CC2CCC(C1)N2. The van der Waals surface area contributed by atoms with Crippen LogP contribution in [-0.2, 0) is 6.54 Å². The van der Waals surface area contributed by atoms with Gasteiger partial charge in [-0.3, -0.25) is 9.69 Å². The number of piperidine rings is 1. The molecule has 0 aromatic heterocycles. The number of nitrogens with one attached hydrogen (secondary N) is 1. The average Bonchev–Trinajstić information content (AvgIpc) is 2.79. The number of rotatable bonds is 4. The smallest absolute Gasteiger partial charge is 0.248 e. The van der Waals surface area contributed by atoms with Crippen molar-refractivity contribution in [2.45, 2.75) is 50.4 Å². The van der Waals surface area contributed by atoms with Crippen LogP contribution in [0, 0.1) is 5.82 Å². The Morgan fingerprint density at radius 3 is 2.67 bits per heavy atom. The summed E-state index contributed by atoms with van der Waals surface area (Å²) in [5.41, 5.74) is 6.18. The predicted molar refractivity (Wildman–Crippen MR) is 79.4 cm³/mol. The van der Waals surface area contributed by atoms with Crippen LogP contribution in [0.25, 0.3) is 0 Å². The first-order valence-corrected chi connectivity index (χ1v) is 7.57. The molecule has 2 heterocycles. The number of fused-ring (bicyclic) bond motifs is 2. The largest absolute Gasteiger partial charge is 0.366 e. The summed E-state index contributed by atoms with van der Waals surface area (Å²) < 4.78 is 13.9. The second kappa shape index (κ2) is 5.73. The Labute approximate surface area is 124 Å². The van der Waals surface area contributed by atoms with E-state index in [4.69, 9.17) is 5.73 Å². The van der Waals surface area contributed by atoms with Gasteiger partial charge in [0, 0.05) is 35.8 Å². The number of nitrogens with zero attached hydrogens (tertiary/aromatic N) is 1. The first kappa shape index (κ1) is 14.5. The van der Waals surface area contributed by atoms with Crippen molar-refractivity contribution in [2.75, 3.05) is 7.05 Å². The molecule has 0 radical (unpaired) electrons. The molecule has 4 nitrogen and oxygen atoms in total. The Balaban J connectivity index is 1.71. The zero-order valence-corrected chi connectivity index (χ0v) is 12.3. The lowest BCUT2D eigenvalue weighted by Crippen LogP contribution is -2.46. The lowest BCUT2D eigenvalue weighted by molar-refractivity contribution is 0.1000. The van der Waals surface area contributed by atoms with Crippen LogP contribution in [0.2, 0.25) is 0 Å². The highest BCUT2D eigenvalue weighted by atomic mass is 19.1. The normalized spacial score (nSPS) is 28.0. The molecule has 1 aromatic carbocycles. The molecule has 2 unspecified atom stereocenters. The number of carbonyl (C=O) groups excluding carboxylic acids is 1. The molecule has 0 saturated carbocycles. The van der Waals surface area contributed by atoms with Gasteiger partial charge in [-0.05, 0) is 50.9 Å². The van der Waals surface area contributed by atoms with E-state index in [9.17, 15) is 9.18 Å². The zero-order valence-electron chi connectivity index (χ0n) is 12.3. The summed E-state index contributed by atoms with van der Waals surface area (Å²) in [5, 5.41) is 3.61. The van der Waals surface area contributed by atoms with Crippen molar-refractivity contribution >= 4 is 5.91 Å². The van der Waals surface area contributed by atoms with Gasteiger partial charge in [0.25, 0.3) is 0 Å². The molecule has 2 aliphatic heterocycles. The van der Waals surface area contributed by atoms with Gasteiger partial charge in [-0.2, -0.15) is 0 Å². The summed E-state index contributed by atoms with van der Waals surface area (Å²) in [6.07, 6.45) is 4.73. The molecule has 5 heteroatoms. The average molecular weight is 291 g/mol. The van der Waals surface area contributed by atoms with Crippen LogP contribution >= 0.6 is 0 Å². The molecule has 2 fully saturated rings. The topological polar surface area (TPSA) is 58.4 Å². The minimum atomic E-state index is -0.515. The lowest BCUT2D eigenvalue weighted by Gasteiger charge is -2.35. The van der Waals surface area contributed by atoms with E-state index in [1.807, 2.05) is 7.05 Å². The first-order valence-electron chi connectivity index (χ1n) is 7.57. The van der Waals surface area contributed by atoms with Crippen molar-refractivity contribution in [2.24, 2.45) is 5.73 Å². The maximum atomic E-state index is 13.9. The van der Waals surface area contributed by atoms with Crippen LogP contribution in [-0.4, -0.2) is 36.0 Å². The molecule has 2 saturated heterocycles. The number of hydrogen-bond donors (Lipinski definition) is 2. The number of amides is 1. The molecule has 2 atom stereocenters. The molecule has 0 spiro atoms. The van der Waals surface area contributed by atoms with Crippen LogP contribution in [0.3, 0.4) is 0 Å².